The summed E-state index contributed by atoms with van der Waals surface area (Å²) in [6, 6.07) is 5.88. The Bertz CT molecular complexity index is 1360. The van der Waals surface area contributed by atoms with Crippen LogP contribution in [-0.2, 0) is 9.59 Å². The van der Waals surface area contributed by atoms with E-state index in [0.29, 0.717) is 4.88 Å². The number of carboxylic acid groups (broad SMARTS) is 3. The van der Waals surface area contributed by atoms with Gasteiger partial charge < -0.3 is 24.9 Å². The van der Waals surface area contributed by atoms with Crippen LogP contribution >= 0.6 is 11.3 Å². The maximum atomic E-state index is 11.2. The minimum atomic E-state index is -0.903. The van der Waals surface area contributed by atoms with Crippen molar-refractivity contribution in [1.82, 2.24) is 0 Å². The monoisotopic (exact) mass is 834 g/mol. The number of rotatable bonds is 33. The van der Waals surface area contributed by atoms with E-state index in [0.717, 1.165) is 52.6 Å². The van der Waals surface area contributed by atoms with Crippen LogP contribution in [0.5, 0.6) is 0 Å². The molecule has 0 saturated carbocycles. The molecular weight excluding hydrogens is 755 g/mol. The normalized spacial score (nSPS) is 11.5. The molecule has 58 heavy (non-hydrogen) atoms. The Morgan fingerprint density at radius 1 is 0.569 bits per heavy atom. The van der Waals surface area contributed by atoms with Gasteiger partial charge in [0.1, 0.15) is 4.88 Å². The van der Waals surface area contributed by atoms with Crippen LogP contribution in [0.3, 0.4) is 0 Å². The Hall–Kier alpha value is -2.23. The summed E-state index contributed by atoms with van der Waals surface area (Å²) < 4.78 is 0.993. The molecule has 0 amide bonds. The van der Waals surface area contributed by atoms with Gasteiger partial charge in [0, 0.05) is 39.5 Å². The topological polar surface area (TPSA) is 130 Å². The Balaban J connectivity index is 0.000000834. The summed E-state index contributed by atoms with van der Waals surface area (Å²) in [6.45, 7) is 6.44. The van der Waals surface area contributed by atoms with Gasteiger partial charge in [-0.25, -0.2) is 4.79 Å². The zero-order chi connectivity index (χ0) is 41.8. The number of unbranched alkanes of at least 4 members (excludes halogenated alkanes) is 28. The molecule has 0 saturated heterocycles. The van der Waals surface area contributed by atoms with Crippen LogP contribution in [0.1, 0.15) is 247 Å². The summed E-state index contributed by atoms with van der Waals surface area (Å²) in [6.07, 6.45) is 43.4. The maximum Gasteiger partial charge on any atom is 2.00 e. The van der Waals surface area contributed by atoms with Crippen molar-refractivity contribution in [3.63, 3.8) is 0 Å². The first-order chi connectivity index (χ1) is 27.7. The van der Waals surface area contributed by atoms with Crippen molar-refractivity contribution in [2.45, 2.75) is 226 Å². The Kier molecular flexibility index (Phi) is 37.4. The second kappa shape index (κ2) is 38.9. The smallest absolute Gasteiger partial charge is 0.550 e. The van der Waals surface area contributed by atoms with E-state index in [2.05, 4.69) is 18.8 Å². The average molecular weight is 835 g/mol. The number of carboxylic acids is 3. The van der Waals surface area contributed by atoms with Gasteiger partial charge in [-0.2, -0.15) is 0 Å². The molecule has 324 valence electrons. The van der Waals surface area contributed by atoms with Gasteiger partial charge in [-0.3, -0.25) is 4.99 Å². The quantitative estimate of drug-likeness (QED) is 0.0563. The molecule has 0 fully saturated rings. The first-order valence-electron chi connectivity index (χ1n) is 23.1. The molecule has 1 aromatic heterocycles. The SMILES string of the molecule is CC1=Cc2cccc3sc(C(=O)O)c(c23)C=N1.CCCCCCCCCCCCCCCCCC(=O)[O-].CCCCCCCCCCCCCCCCCC(=O)[O-].[Mg+2]. The Labute approximate surface area is 373 Å². The van der Waals surface area contributed by atoms with E-state index in [1.807, 2.05) is 31.2 Å². The van der Waals surface area contributed by atoms with Gasteiger partial charge >= 0.3 is 29.0 Å². The standard InChI is InChI=1S/2C18H36O2.C13H9NO2S.Mg/c2*1-2-3-4-5-6-7-8-9-10-11-12-13-14-15-16-17-18(19)20;1-7-5-8-3-2-4-10-11(8)9(6-14-7)12(17-10)13(15)16;/h2*2-17H2,1H3,(H,19,20);2-6H,1H3,(H,15,16);/q;;;+2/p-2. The first kappa shape index (κ1) is 55.8. The number of aliphatic carboxylic acids is 2. The number of aliphatic imine (C=N–C) groups is 1. The van der Waals surface area contributed by atoms with E-state index in [1.165, 1.54) is 178 Å². The van der Waals surface area contributed by atoms with Crippen LogP contribution in [0.2, 0.25) is 0 Å². The zero-order valence-electron chi connectivity index (χ0n) is 37.1. The fraction of sp³-hybridized carbons (Fsp3) is 0.714. The third-order valence-electron chi connectivity index (χ3n) is 10.7. The largest absolute Gasteiger partial charge is 2.00 e. The molecule has 3 rings (SSSR count). The van der Waals surface area contributed by atoms with Crippen molar-refractivity contribution in [2.75, 3.05) is 0 Å². The fourth-order valence-corrected chi connectivity index (χ4v) is 8.36. The predicted octanol–water partition coefficient (Wildman–Crippen LogP) is 13.0. The van der Waals surface area contributed by atoms with Gasteiger partial charge in [0.25, 0.3) is 0 Å². The number of carbonyl (C=O) groups excluding carboxylic acids is 2. The Morgan fingerprint density at radius 3 is 1.24 bits per heavy atom. The third kappa shape index (κ3) is 29.9. The summed E-state index contributed by atoms with van der Waals surface area (Å²) in [7, 11) is 0. The van der Waals surface area contributed by atoms with Crippen molar-refractivity contribution in [3.05, 3.63) is 39.9 Å². The summed E-state index contributed by atoms with van der Waals surface area (Å²) >= 11 is 1.30. The maximum absolute atomic E-state index is 11.2. The number of benzene rings is 1. The first-order valence-corrected chi connectivity index (χ1v) is 23.9. The molecule has 2 aromatic rings. The summed E-state index contributed by atoms with van der Waals surface area (Å²) in [5, 5.41) is 30.6. The van der Waals surface area contributed by atoms with Gasteiger partial charge in [-0.15, -0.1) is 11.3 Å². The molecule has 0 bridgehead atoms. The van der Waals surface area contributed by atoms with Crippen LogP contribution in [0.15, 0.2) is 28.9 Å². The van der Waals surface area contributed by atoms with Crippen LogP contribution in [0.25, 0.3) is 16.2 Å². The van der Waals surface area contributed by atoms with Gasteiger partial charge in [0.2, 0.25) is 0 Å². The zero-order valence-corrected chi connectivity index (χ0v) is 39.3. The molecule has 2 heterocycles. The number of hydrogen-bond donors (Lipinski definition) is 1. The molecule has 0 aliphatic carbocycles. The molecule has 1 aliphatic heterocycles. The molecule has 0 radical (unpaired) electrons. The molecule has 1 N–H and O–H groups in total. The molecule has 0 spiro atoms. The number of aromatic carboxylic acids is 1. The van der Waals surface area contributed by atoms with E-state index in [1.54, 1.807) is 6.21 Å². The molecule has 1 aromatic carbocycles. The number of nitrogens with zero attached hydrogens (tertiary/aromatic N) is 1. The fourth-order valence-electron chi connectivity index (χ4n) is 7.31. The van der Waals surface area contributed by atoms with Gasteiger partial charge in [0.05, 0.1) is 0 Å². The molecule has 7 nitrogen and oxygen atoms in total. The van der Waals surface area contributed by atoms with Gasteiger partial charge in [-0.1, -0.05) is 206 Å². The van der Waals surface area contributed by atoms with E-state index in [4.69, 9.17) is 0 Å². The molecule has 1 aliphatic rings. The summed E-state index contributed by atoms with van der Waals surface area (Å²) in [5.74, 6) is -2.70. The molecule has 9 heteroatoms. The van der Waals surface area contributed by atoms with Crippen LogP contribution in [0, 0.1) is 0 Å². The van der Waals surface area contributed by atoms with Crippen molar-refractivity contribution in [1.29, 1.82) is 0 Å². The molecule has 0 unspecified atom stereocenters. The van der Waals surface area contributed by atoms with E-state index < -0.39 is 17.9 Å². The summed E-state index contributed by atoms with van der Waals surface area (Å²) in [5.41, 5.74) is 2.65. The van der Waals surface area contributed by atoms with Crippen molar-refractivity contribution in [2.24, 2.45) is 4.99 Å². The average Bonchev–Trinajstić information content (AvgIpc) is 3.48. The number of carbonyl (C=O) groups is 3. The van der Waals surface area contributed by atoms with Crippen LogP contribution in [-0.4, -0.2) is 52.3 Å². The van der Waals surface area contributed by atoms with Crippen molar-refractivity contribution < 1.29 is 29.7 Å². The number of allylic oxidation sites excluding steroid dienone is 1. The second-order valence-corrected chi connectivity index (χ2v) is 17.1. The van der Waals surface area contributed by atoms with Gasteiger partial charge in [0.15, 0.2) is 0 Å². The number of thiophene rings is 1. The summed E-state index contributed by atoms with van der Waals surface area (Å²) in [4.78, 5) is 36.3. The van der Waals surface area contributed by atoms with E-state index in [9.17, 15) is 29.7 Å². The second-order valence-electron chi connectivity index (χ2n) is 16.1. The van der Waals surface area contributed by atoms with E-state index in [-0.39, 0.29) is 35.9 Å². The number of hydrogen-bond acceptors (Lipinski definition) is 7. The third-order valence-corrected chi connectivity index (χ3v) is 11.9. The van der Waals surface area contributed by atoms with E-state index >= 15 is 0 Å². The molecule has 0 atom stereocenters. The van der Waals surface area contributed by atoms with Crippen LogP contribution in [0.4, 0.5) is 0 Å². The van der Waals surface area contributed by atoms with Crippen molar-refractivity contribution in [3.8, 4) is 0 Å². The van der Waals surface area contributed by atoms with Crippen molar-refractivity contribution >= 4 is 74.7 Å². The minimum absolute atomic E-state index is 0. The van der Waals surface area contributed by atoms with Crippen LogP contribution < -0.4 is 10.2 Å². The van der Waals surface area contributed by atoms with Gasteiger partial charge in [-0.05, 0) is 50.3 Å². The molecular formula is C49H79MgNO6S. The Morgan fingerprint density at radius 2 is 0.914 bits per heavy atom. The predicted molar refractivity (Wildman–Crippen MR) is 245 cm³/mol. The minimum Gasteiger partial charge on any atom is -0.550 e.